The number of hydrogen-bond donors (Lipinski definition) is 1. The van der Waals surface area contributed by atoms with Gasteiger partial charge in [-0.25, -0.2) is 0 Å². The molecule has 0 saturated carbocycles. The Morgan fingerprint density at radius 3 is 2.36 bits per heavy atom. The Balaban J connectivity index is 1.69. The molecule has 0 bridgehead atoms. The van der Waals surface area contributed by atoms with Gasteiger partial charge >= 0.3 is 5.51 Å². The van der Waals surface area contributed by atoms with E-state index in [4.69, 9.17) is 9.47 Å². The molecule has 0 radical (unpaired) electrons. The van der Waals surface area contributed by atoms with Gasteiger partial charge in [-0.2, -0.15) is 13.2 Å². The van der Waals surface area contributed by atoms with Crippen LogP contribution in [-0.4, -0.2) is 24.6 Å². The van der Waals surface area contributed by atoms with E-state index in [1.807, 2.05) is 0 Å². The second-order valence-corrected chi connectivity index (χ2v) is 6.38. The van der Waals surface area contributed by atoms with Crippen molar-refractivity contribution in [1.29, 1.82) is 0 Å². The van der Waals surface area contributed by atoms with Crippen molar-refractivity contribution in [2.45, 2.75) is 16.8 Å². The van der Waals surface area contributed by atoms with E-state index in [1.165, 1.54) is 24.3 Å². The molecule has 1 heterocycles. The van der Waals surface area contributed by atoms with Crippen molar-refractivity contribution in [3.05, 3.63) is 48.0 Å². The van der Waals surface area contributed by atoms with E-state index in [0.29, 0.717) is 30.4 Å². The number of hydrogen-bond acceptors (Lipinski definition) is 4. The van der Waals surface area contributed by atoms with Gasteiger partial charge in [-0.05, 0) is 48.2 Å². The summed E-state index contributed by atoms with van der Waals surface area (Å²) in [5.74, 6) is 0.745. The lowest BCUT2D eigenvalue weighted by atomic mass is 10.2. The van der Waals surface area contributed by atoms with E-state index in [1.54, 1.807) is 18.2 Å². The maximum atomic E-state index is 12.3. The van der Waals surface area contributed by atoms with Crippen LogP contribution in [0, 0.1) is 0 Å². The Labute approximate surface area is 146 Å². The highest BCUT2D eigenvalue weighted by atomic mass is 32.2. The quantitative estimate of drug-likeness (QED) is 0.796. The highest BCUT2D eigenvalue weighted by Crippen LogP contribution is 2.37. The molecule has 8 heteroatoms. The van der Waals surface area contributed by atoms with Crippen molar-refractivity contribution in [2.24, 2.45) is 0 Å². The fourth-order valence-corrected chi connectivity index (χ4v) is 2.79. The van der Waals surface area contributed by atoms with Crippen LogP contribution in [0.25, 0.3) is 0 Å². The van der Waals surface area contributed by atoms with E-state index >= 15 is 0 Å². The zero-order valence-corrected chi connectivity index (χ0v) is 13.7. The second kappa shape index (κ2) is 7.26. The van der Waals surface area contributed by atoms with Gasteiger partial charge in [0.15, 0.2) is 11.5 Å². The van der Waals surface area contributed by atoms with Crippen LogP contribution in [0.1, 0.15) is 16.8 Å². The molecule has 1 aliphatic rings. The van der Waals surface area contributed by atoms with Gasteiger partial charge in [0.25, 0.3) is 5.91 Å². The fraction of sp³-hybridized carbons (Fsp3) is 0.235. The topological polar surface area (TPSA) is 47.6 Å². The molecule has 0 spiro atoms. The first-order valence-corrected chi connectivity index (χ1v) is 8.29. The Kier molecular flexibility index (Phi) is 5.08. The van der Waals surface area contributed by atoms with Crippen molar-refractivity contribution in [2.75, 3.05) is 18.5 Å². The van der Waals surface area contributed by atoms with Crippen LogP contribution in [-0.2, 0) is 0 Å². The molecule has 0 aliphatic carbocycles. The molecule has 3 rings (SSSR count). The van der Waals surface area contributed by atoms with E-state index in [-0.39, 0.29) is 22.2 Å². The summed E-state index contributed by atoms with van der Waals surface area (Å²) in [4.78, 5) is 12.3. The summed E-state index contributed by atoms with van der Waals surface area (Å²) in [5.41, 5.74) is -3.57. The molecular weight excluding hydrogens is 355 g/mol. The number of ether oxygens (including phenoxy) is 2. The van der Waals surface area contributed by atoms with E-state index in [2.05, 4.69) is 5.32 Å². The number of benzene rings is 2. The van der Waals surface area contributed by atoms with E-state index in [9.17, 15) is 18.0 Å². The van der Waals surface area contributed by atoms with Crippen LogP contribution >= 0.6 is 11.8 Å². The molecule has 2 aromatic rings. The van der Waals surface area contributed by atoms with Gasteiger partial charge in [0, 0.05) is 28.6 Å². The molecular formula is C17H14F3NO3S. The van der Waals surface area contributed by atoms with Crippen molar-refractivity contribution in [1.82, 2.24) is 0 Å². The number of anilines is 1. The Morgan fingerprint density at radius 1 is 1.00 bits per heavy atom. The molecule has 0 aromatic heterocycles. The van der Waals surface area contributed by atoms with Gasteiger partial charge in [-0.1, -0.05) is 0 Å². The standard InChI is InChI=1S/C17H14F3NO3S/c18-17(19,20)25-13-5-2-11(3-6-13)16(22)21-12-4-7-14-15(10-12)24-9-1-8-23-14/h2-7,10H,1,8-9H2,(H,21,22). The third-order valence-corrected chi connectivity index (χ3v) is 4.09. The monoisotopic (exact) mass is 369 g/mol. The lowest BCUT2D eigenvalue weighted by Crippen LogP contribution is -2.12. The first kappa shape index (κ1) is 17.5. The van der Waals surface area contributed by atoms with Gasteiger partial charge in [0.2, 0.25) is 0 Å². The molecule has 25 heavy (non-hydrogen) atoms. The van der Waals surface area contributed by atoms with Crippen molar-refractivity contribution in [3.8, 4) is 11.5 Å². The Morgan fingerprint density at radius 2 is 1.68 bits per heavy atom. The van der Waals surface area contributed by atoms with E-state index < -0.39 is 11.4 Å². The smallest absolute Gasteiger partial charge is 0.446 e. The summed E-state index contributed by atoms with van der Waals surface area (Å²) >= 11 is -0.220. The van der Waals surface area contributed by atoms with Crippen molar-refractivity contribution < 1.29 is 27.4 Å². The SMILES string of the molecule is O=C(Nc1ccc2c(c1)OCCCO2)c1ccc(SC(F)(F)F)cc1. The van der Waals surface area contributed by atoms with Gasteiger partial charge < -0.3 is 14.8 Å². The summed E-state index contributed by atoms with van der Waals surface area (Å²) in [6.45, 7) is 1.10. The number of carbonyl (C=O) groups is 1. The highest BCUT2D eigenvalue weighted by Gasteiger charge is 2.29. The molecule has 0 fully saturated rings. The Hall–Kier alpha value is -2.35. The number of alkyl halides is 3. The minimum absolute atomic E-state index is 0.0274. The van der Waals surface area contributed by atoms with Crippen LogP contribution in [0.4, 0.5) is 18.9 Å². The van der Waals surface area contributed by atoms with Crippen molar-refractivity contribution >= 4 is 23.4 Å². The predicted molar refractivity (Wildman–Crippen MR) is 88.4 cm³/mol. The lowest BCUT2D eigenvalue weighted by Gasteiger charge is -2.11. The third kappa shape index (κ3) is 4.82. The zero-order valence-electron chi connectivity index (χ0n) is 12.9. The zero-order chi connectivity index (χ0) is 17.9. The van der Waals surface area contributed by atoms with Crippen LogP contribution in [0.15, 0.2) is 47.4 Å². The molecule has 1 N–H and O–H groups in total. The molecule has 0 atom stereocenters. The molecule has 132 valence electrons. The average molecular weight is 369 g/mol. The minimum Gasteiger partial charge on any atom is -0.490 e. The highest BCUT2D eigenvalue weighted by molar-refractivity contribution is 8.00. The number of carbonyl (C=O) groups excluding carboxylic acids is 1. The molecule has 0 unspecified atom stereocenters. The number of amides is 1. The summed E-state index contributed by atoms with van der Waals surface area (Å²) in [6, 6.07) is 10.3. The number of nitrogens with one attached hydrogen (secondary N) is 1. The summed E-state index contributed by atoms with van der Waals surface area (Å²) in [6.07, 6.45) is 0.776. The first-order valence-electron chi connectivity index (χ1n) is 7.47. The first-order chi connectivity index (χ1) is 11.9. The maximum absolute atomic E-state index is 12.3. The molecule has 1 amide bonds. The van der Waals surface area contributed by atoms with E-state index in [0.717, 1.165) is 6.42 Å². The Bertz CT molecular complexity index is 763. The van der Waals surface area contributed by atoms with Crippen molar-refractivity contribution in [3.63, 3.8) is 0 Å². The summed E-state index contributed by atoms with van der Waals surface area (Å²) in [5, 5.41) is 2.69. The largest absolute Gasteiger partial charge is 0.490 e. The van der Waals surface area contributed by atoms with Crippen LogP contribution < -0.4 is 14.8 Å². The van der Waals surface area contributed by atoms with Gasteiger partial charge in [-0.15, -0.1) is 0 Å². The summed E-state index contributed by atoms with van der Waals surface area (Å²) in [7, 11) is 0. The molecule has 4 nitrogen and oxygen atoms in total. The number of halogens is 3. The number of fused-ring (bicyclic) bond motifs is 1. The number of rotatable bonds is 3. The number of thioether (sulfide) groups is 1. The maximum Gasteiger partial charge on any atom is 0.446 e. The lowest BCUT2D eigenvalue weighted by molar-refractivity contribution is -0.0328. The second-order valence-electron chi connectivity index (χ2n) is 5.24. The third-order valence-electron chi connectivity index (χ3n) is 3.36. The average Bonchev–Trinajstić information content (AvgIpc) is 2.79. The van der Waals surface area contributed by atoms with Gasteiger partial charge in [0.05, 0.1) is 13.2 Å². The van der Waals surface area contributed by atoms with Gasteiger partial charge in [0.1, 0.15) is 0 Å². The normalized spacial score (nSPS) is 13.9. The van der Waals surface area contributed by atoms with Crippen LogP contribution in [0.5, 0.6) is 11.5 Å². The fourth-order valence-electron chi connectivity index (χ4n) is 2.25. The van der Waals surface area contributed by atoms with Crippen LogP contribution in [0.2, 0.25) is 0 Å². The molecule has 0 saturated heterocycles. The van der Waals surface area contributed by atoms with Crippen LogP contribution in [0.3, 0.4) is 0 Å². The minimum atomic E-state index is -4.35. The summed E-state index contributed by atoms with van der Waals surface area (Å²) < 4.78 is 48.0. The van der Waals surface area contributed by atoms with Gasteiger partial charge in [-0.3, -0.25) is 4.79 Å². The molecule has 1 aliphatic heterocycles. The molecule has 2 aromatic carbocycles. The predicted octanol–water partition coefficient (Wildman–Crippen LogP) is 4.71.